The molecule has 80 valence electrons. The van der Waals surface area contributed by atoms with Crippen molar-refractivity contribution in [3.05, 3.63) is 0 Å². The molecular weight excluding hydrogens is 460 g/mol. The van der Waals surface area contributed by atoms with Crippen LogP contribution in [0.25, 0.3) is 0 Å². The van der Waals surface area contributed by atoms with Crippen LogP contribution in [0.1, 0.15) is 0 Å². The summed E-state index contributed by atoms with van der Waals surface area (Å²) in [5.41, 5.74) is 0. The topological polar surface area (TPSA) is 0 Å². The zero-order valence-corrected chi connectivity index (χ0v) is 15.3. The fourth-order valence-electron chi connectivity index (χ4n) is 0.617. The van der Waals surface area contributed by atoms with Crippen LogP contribution in [-0.4, -0.2) is 59.8 Å². The third-order valence-electron chi connectivity index (χ3n) is 1.19. The van der Waals surface area contributed by atoms with Crippen molar-refractivity contribution in [2.75, 3.05) is 0 Å². The molecule has 0 aromatic rings. The van der Waals surface area contributed by atoms with Gasteiger partial charge in [0.05, 0.1) is 0 Å². The predicted molar refractivity (Wildman–Crippen MR) is 73.3 cm³/mol. The predicted octanol–water partition coefficient (Wildman–Crippen LogP) is 0.334. The molecule has 0 saturated heterocycles. The van der Waals surface area contributed by atoms with Gasteiger partial charge < -0.3 is 0 Å². The van der Waals surface area contributed by atoms with Gasteiger partial charge in [0.2, 0.25) is 0 Å². The second kappa shape index (κ2) is 11.8. The van der Waals surface area contributed by atoms with Gasteiger partial charge in [-0.3, -0.25) is 0 Å². The molecule has 0 unspecified atom stereocenters. The van der Waals surface area contributed by atoms with E-state index >= 15 is 0 Å². The number of rotatable bonds is 0. The average Bonchev–Trinajstić information content (AvgIpc) is 2.29. The molecule has 0 aromatic heterocycles. The normalized spacial score (nSPS) is 16.0. The molecule has 1 rings (SSSR count). The van der Waals surface area contributed by atoms with Crippen LogP contribution in [0.5, 0.6) is 0 Å². The summed E-state index contributed by atoms with van der Waals surface area (Å²) >= 11 is 1.77. The van der Waals surface area contributed by atoms with E-state index in [0.29, 0.717) is 59.8 Å². The first-order chi connectivity index (χ1) is 8.00. The molecule has 0 saturated carbocycles. The van der Waals surface area contributed by atoms with Crippen LogP contribution >= 0.6 is 0 Å². The van der Waals surface area contributed by atoms with E-state index in [0.717, 1.165) is 0 Å². The summed E-state index contributed by atoms with van der Waals surface area (Å²) in [7, 11) is 0. The van der Waals surface area contributed by atoms with Gasteiger partial charge in [-0.25, -0.2) is 0 Å². The zero-order chi connectivity index (χ0) is 11.3. The summed E-state index contributed by atoms with van der Waals surface area (Å²) in [6.07, 6.45) is 0. The molecule has 0 nitrogen and oxygen atoms in total. The summed E-state index contributed by atoms with van der Waals surface area (Å²) in [6.45, 7) is 0. The van der Waals surface area contributed by atoms with E-state index in [4.69, 9.17) is 0 Å². The average molecular weight is 468 g/mol. The summed E-state index contributed by atoms with van der Waals surface area (Å²) in [6, 6.07) is 0. The van der Waals surface area contributed by atoms with Crippen LogP contribution in [0.2, 0.25) is 21.3 Å². The maximum absolute atomic E-state index is 3.15. The summed E-state index contributed by atoms with van der Waals surface area (Å²) in [5.74, 6) is 11.8. The van der Waals surface area contributed by atoms with Crippen LogP contribution in [0.3, 0.4) is 0 Å². The first-order valence-corrected chi connectivity index (χ1v) is 12.7. The Labute approximate surface area is 123 Å². The van der Waals surface area contributed by atoms with Gasteiger partial charge in [-0.1, -0.05) is 0 Å². The Hall–Kier alpha value is 0.318. The van der Waals surface area contributed by atoms with Crippen molar-refractivity contribution >= 4 is 59.8 Å². The van der Waals surface area contributed by atoms with Crippen LogP contribution in [0.15, 0.2) is 0 Å². The van der Waals surface area contributed by atoms with Crippen molar-refractivity contribution < 1.29 is 0 Å². The number of hydrogen-bond acceptors (Lipinski definition) is 0. The molecule has 0 aromatic carbocycles. The third kappa shape index (κ3) is 9.54. The van der Waals surface area contributed by atoms with Gasteiger partial charge in [0.25, 0.3) is 0 Å². The molecule has 0 amide bonds. The van der Waals surface area contributed by atoms with Gasteiger partial charge in [0.15, 0.2) is 0 Å². The molecule has 0 bridgehead atoms. The van der Waals surface area contributed by atoms with E-state index in [9.17, 15) is 0 Å². The molecule has 0 fully saturated rings. The summed E-state index contributed by atoms with van der Waals surface area (Å²) < 4.78 is 0. The first kappa shape index (κ1) is 14.4. The molecule has 1 aliphatic heterocycles. The Balaban J connectivity index is 2.40. The minimum atomic E-state index is 0.441. The van der Waals surface area contributed by atoms with E-state index in [-0.39, 0.29) is 0 Å². The first-order valence-electron chi connectivity index (χ1n) is 4.47. The van der Waals surface area contributed by atoms with E-state index in [1.165, 1.54) is 21.3 Å². The molecule has 1 heterocycles. The fourth-order valence-corrected chi connectivity index (χ4v) is 6.84. The van der Waals surface area contributed by atoms with Crippen LogP contribution in [0.4, 0.5) is 0 Å². The van der Waals surface area contributed by atoms with Crippen molar-refractivity contribution in [1.82, 2.24) is 0 Å². The van der Waals surface area contributed by atoms with E-state index < -0.39 is 0 Å². The van der Waals surface area contributed by atoms with Gasteiger partial charge >= 0.3 is 124 Å². The van der Waals surface area contributed by atoms with Crippen molar-refractivity contribution in [1.29, 1.82) is 0 Å². The van der Waals surface area contributed by atoms with Crippen LogP contribution < -0.4 is 0 Å². The monoisotopic (exact) mass is 472 g/mol. The van der Waals surface area contributed by atoms with Crippen molar-refractivity contribution in [2.24, 2.45) is 0 Å². The van der Waals surface area contributed by atoms with E-state index in [1.807, 2.05) is 0 Å². The molecule has 16 heavy (non-hydrogen) atoms. The molecule has 0 atom stereocenters. The molecule has 0 radical (unpaired) electrons. The van der Waals surface area contributed by atoms with Crippen LogP contribution in [-0.2, 0) is 0 Å². The molecule has 0 N–H and O–H groups in total. The Morgan fingerprint density at radius 3 is 0.938 bits per heavy atom. The summed E-state index contributed by atoms with van der Waals surface area (Å²) in [5, 5.41) is 4.83. The molecule has 1 aliphatic rings. The van der Waals surface area contributed by atoms with E-state index in [2.05, 4.69) is 43.0 Å². The van der Waals surface area contributed by atoms with Crippen molar-refractivity contribution in [3.63, 3.8) is 0 Å². The van der Waals surface area contributed by atoms with Crippen LogP contribution in [0, 0.1) is 43.0 Å². The molecule has 0 spiro atoms. The van der Waals surface area contributed by atoms with E-state index in [1.54, 1.807) is 0 Å². The second-order valence-corrected chi connectivity index (χ2v) is 9.86. The number of hydrogen-bond donors (Lipinski definition) is 0. The second-order valence-electron chi connectivity index (χ2n) is 2.30. The van der Waals surface area contributed by atoms with Gasteiger partial charge in [-0.2, -0.15) is 0 Å². The van der Waals surface area contributed by atoms with Gasteiger partial charge in [-0.05, 0) is 0 Å². The summed E-state index contributed by atoms with van der Waals surface area (Å²) in [4.78, 5) is 12.6. The maximum atomic E-state index is 3.15. The Morgan fingerprint density at radius 1 is 0.438 bits per heavy atom. The fraction of sp³-hybridized carbons (Fsp3) is 0.333. The molecule has 0 aliphatic carbocycles. The van der Waals surface area contributed by atoms with Crippen molar-refractivity contribution in [2.45, 2.75) is 21.3 Å². The minimum absolute atomic E-state index is 0.441. The Kier molecular flexibility index (Phi) is 10.6. The van der Waals surface area contributed by atoms with Gasteiger partial charge in [0, 0.05) is 0 Å². The standard InChI is InChI=1S/C12H8Se4/c1-2-6-14-11-12-16-8-4-3-7-15-10-9-13-5-1/h9-12H2. The Morgan fingerprint density at radius 2 is 0.688 bits per heavy atom. The zero-order valence-electron chi connectivity index (χ0n) is 8.46. The molecular formula is C12H8Se4. The SMILES string of the molecule is C1#C[Se]CC[Se]C#CC#C[Se]CC[Se]C#C1. The molecule has 4 heteroatoms. The quantitative estimate of drug-likeness (QED) is 0.356. The third-order valence-corrected chi connectivity index (χ3v) is 9.31. The van der Waals surface area contributed by atoms with Gasteiger partial charge in [0.1, 0.15) is 0 Å². The Bertz CT molecular complexity index is 348. The van der Waals surface area contributed by atoms with Gasteiger partial charge in [-0.15, -0.1) is 0 Å². The van der Waals surface area contributed by atoms with Crippen molar-refractivity contribution in [3.8, 4) is 43.0 Å².